The van der Waals surface area contributed by atoms with Crippen LogP contribution in [0.1, 0.15) is 12.5 Å². The maximum Gasteiger partial charge on any atom is 0.344 e. The molecule has 8 heteroatoms. The summed E-state index contributed by atoms with van der Waals surface area (Å²) in [6, 6.07) is 14.2. The Kier molecular flexibility index (Phi) is 9.04. The summed E-state index contributed by atoms with van der Waals surface area (Å²) in [4.78, 5) is 35.4. The molecule has 0 saturated heterocycles. The van der Waals surface area contributed by atoms with E-state index in [0.29, 0.717) is 18.0 Å². The van der Waals surface area contributed by atoms with E-state index in [-0.39, 0.29) is 29.9 Å². The van der Waals surface area contributed by atoms with Gasteiger partial charge in [0.05, 0.1) is 18.1 Å². The number of carbonyl (C=O) groups is 3. The number of benzene rings is 2. The molecule has 0 aliphatic heterocycles. The zero-order chi connectivity index (χ0) is 21.1. The molecule has 0 fully saturated rings. The fraction of sp³-hybridized carbons (Fsp3) is 0.286. The fourth-order valence-corrected chi connectivity index (χ4v) is 2.98. The second-order valence-electron chi connectivity index (χ2n) is 6.08. The SMILES string of the molecule is CCOC(=O)COc1cccc(NC(=O)CSCC(=O)Nc2cccc(C)c2)c1. The zero-order valence-corrected chi connectivity index (χ0v) is 17.2. The molecular weight excluding hydrogens is 392 g/mol. The lowest BCUT2D eigenvalue weighted by atomic mass is 10.2. The minimum Gasteiger partial charge on any atom is -0.482 e. The standard InChI is InChI=1S/C21H24N2O5S/c1-3-27-21(26)12-28-18-9-5-8-17(11-18)23-20(25)14-29-13-19(24)22-16-7-4-6-15(2)10-16/h4-11H,3,12-14H2,1-2H3,(H,22,24)(H,23,25). The van der Waals surface area contributed by atoms with Crippen LogP contribution in [0.5, 0.6) is 5.75 Å². The Morgan fingerprint density at radius 1 is 0.931 bits per heavy atom. The molecule has 2 aromatic rings. The van der Waals surface area contributed by atoms with Gasteiger partial charge < -0.3 is 20.1 Å². The molecule has 2 amide bonds. The number of amides is 2. The first-order valence-electron chi connectivity index (χ1n) is 9.09. The van der Waals surface area contributed by atoms with Gasteiger partial charge in [0.1, 0.15) is 5.75 Å². The third kappa shape index (κ3) is 8.69. The van der Waals surface area contributed by atoms with E-state index >= 15 is 0 Å². The molecule has 0 saturated carbocycles. The van der Waals surface area contributed by atoms with Gasteiger partial charge in [0.25, 0.3) is 0 Å². The van der Waals surface area contributed by atoms with Gasteiger partial charge in [0.15, 0.2) is 6.61 Å². The summed E-state index contributed by atoms with van der Waals surface area (Å²) >= 11 is 1.22. The Bertz CT molecular complexity index is 856. The highest BCUT2D eigenvalue weighted by molar-refractivity contribution is 8.00. The van der Waals surface area contributed by atoms with Crippen molar-refractivity contribution in [2.24, 2.45) is 0 Å². The number of hydrogen-bond donors (Lipinski definition) is 2. The molecule has 2 rings (SSSR count). The highest BCUT2D eigenvalue weighted by atomic mass is 32.2. The Hall–Kier alpha value is -3.00. The van der Waals surface area contributed by atoms with Crippen molar-refractivity contribution < 1.29 is 23.9 Å². The first-order valence-corrected chi connectivity index (χ1v) is 10.2. The summed E-state index contributed by atoms with van der Waals surface area (Å²) in [6.45, 7) is 3.76. The Morgan fingerprint density at radius 2 is 1.55 bits per heavy atom. The number of anilines is 2. The van der Waals surface area contributed by atoms with Gasteiger partial charge in [-0.25, -0.2) is 4.79 Å². The molecule has 0 spiro atoms. The molecule has 2 aromatic carbocycles. The number of nitrogens with one attached hydrogen (secondary N) is 2. The Labute approximate surface area is 174 Å². The van der Waals surface area contributed by atoms with Crippen LogP contribution in [0.15, 0.2) is 48.5 Å². The first-order chi connectivity index (χ1) is 14.0. The highest BCUT2D eigenvalue weighted by Crippen LogP contribution is 2.18. The van der Waals surface area contributed by atoms with E-state index in [0.717, 1.165) is 11.3 Å². The normalized spacial score (nSPS) is 10.1. The van der Waals surface area contributed by atoms with Gasteiger partial charge in [0.2, 0.25) is 11.8 Å². The molecule has 0 aliphatic carbocycles. The lowest BCUT2D eigenvalue weighted by Crippen LogP contribution is -2.18. The van der Waals surface area contributed by atoms with Crippen molar-refractivity contribution >= 4 is 40.9 Å². The van der Waals surface area contributed by atoms with E-state index in [9.17, 15) is 14.4 Å². The molecule has 2 N–H and O–H groups in total. The van der Waals surface area contributed by atoms with E-state index in [1.54, 1.807) is 31.2 Å². The van der Waals surface area contributed by atoms with E-state index in [1.807, 2.05) is 31.2 Å². The number of rotatable bonds is 10. The van der Waals surface area contributed by atoms with E-state index in [1.165, 1.54) is 11.8 Å². The topological polar surface area (TPSA) is 93.7 Å². The van der Waals surface area contributed by atoms with Crippen LogP contribution in [0.4, 0.5) is 11.4 Å². The number of ether oxygens (including phenoxy) is 2. The van der Waals surface area contributed by atoms with Crippen molar-refractivity contribution in [1.82, 2.24) is 0 Å². The average molecular weight is 416 g/mol. The van der Waals surface area contributed by atoms with Crippen molar-refractivity contribution in [3.63, 3.8) is 0 Å². The molecule has 29 heavy (non-hydrogen) atoms. The number of aryl methyl sites for hydroxylation is 1. The predicted octanol–water partition coefficient (Wildman–Crippen LogP) is 3.25. The first kappa shape index (κ1) is 22.3. The van der Waals surface area contributed by atoms with Crippen LogP contribution < -0.4 is 15.4 Å². The lowest BCUT2D eigenvalue weighted by molar-refractivity contribution is -0.145. The van der Waals surface area contributed by atoms with Crippen LogP contribution >= 0.6 is 11.8 Å². The average Bonchev–Trinajstić information content (AvgIpc) is 2.67. The van der Waals surface area contributed by atoms with Crippen molar-refractivity contribution in [2.45, 2.75) is 13.8 Å². The fourth-order valence-electron chi connectivity index (χ4n) is 2.36. The van der Waals surface area contributed by atoms with E-state index < -0.39 is 5.97 Å². The summed E-state index contributed by atoms with van der Waals surface area (Å²) in [6.07, 6.45) is 0. The van der Waals surface area contributed by atoms with Crippen molar-refractivity contribution in [1.29, 1.82) is 0 Å². The number of esters is 1. The van der Waals surface area contributed by atoms with Crippen LogP contribution in [0.3, 0.4) is 0 Å². The maximum absolute atomic E-state index is 12.1. The second-order valence-corrected chi connectivity index (χ2v) is 7.07. The van der Waals surface area contributed by atoms with Gasteiger partial charge in [-0.05, 0) is 43.7 Å². The van der Waals surface area contributed by atoms with Crippen LogP contribution in [0.25, 0.3) is 0 Å². The summed E-state index contributed by atoms with van der Waals surface area (Å²) in [7, 11) is 0. The monoisotopic (exact) mass is 416 g/mol. The van der Waals surface area contributed by atoms with Gasteiger partial charge in [-0.15, -0.1) is 11.8 Å². The van der Waals surface area contributed by atoms with Crippen LogP contribution in [0, 0.1) is 6.92 Å². The highest BCUT2D eigenvalue weighted by Gasteiger charge is 2.08. The molecule has 0 radical (unpaired) electrons. The molecule has 0 bridgehead atoms. The summed E-state index contributed by atoms with van der Waals surface area (Å²) in [5.41, 5.74) is 2.34. The third-order valence-electron chi connectivity index (χ3n) is 3.55. The molecule has 7 nitrogen and oxygen atoms in total. The Balaban J connectivity index is 1.72. The van der Waals surface area contributed by atoms with Crippen molar-refractivity contribution in [2.75, 3.05) is 35.4 Å². The molecule has 0 heterocycles. The number of carbonyl (C=O) groups excluding carboxylic acids is 3. The third-order valence-corrected chi connectivity index (χ3v) is 4.48. The molecular formula is C21H24N2O5S. The Morgan fingerprint density at radius 3 is 2.17 bits per heavy atom. The summed E-state index contributed by atoms with van der Waals surface area (Å²) < 4.78 is 10.1. The van der Waals surface area contributed by atoms with Crippen LogP contribution in [-0.4, -0.2) is 42.5 Å². The molecule has 154 valence electrons. The largest absolute Gasteiger partial charge is 0.482 e. The minimum absolute atomic E-state index is 0.134. The second kappa shape index (κ2) is 11.8. The predicted molar refractivity (Wildman–Crippen MR) is 114 cm³/mol. The zero-order valence-electron chi connectivity index (χ0n) is 16.4. The lowest BCUT2D eigenvalue weighted by Gasteiger charge is -2.09. The molecule has 0 unspecified atom stereocenters. The molecule has 0 aromatic heterocycles. The van der Waals surface area contributed by atoms with Crippen LogP contribution in [-0.2, 0) is 19.1 Å². The quantitative estimate of drug-likeness (QED) is 0.578. The molecule has 0 atom stereocenters. The number of hydrogen-bond acceptors (Lipinski definition) is 6. The van der Waals surface area contributed by atoms with E-state index in [2.05, 4.69) is 10.6 Å². The van der Waals surface area contributed by atoms with Crippen LogP contribution in [0.2, 0.25) is 0 Å². The van der Waals surface area contributed by atoms with Crippen molar-refractivity contribution in [3.8, 4) is 5.75 Å². The van der Waals surface area contributed by atoms with Gasteiger partial charge in [-0.2, -0.15) is 0 Å². The van der Waals surface area contributed by atoms with Gasteiger partial charge in [0, 0.05) is 17.4 Å². The minimum atomic E-state index is -0.456. The van der Waals surface area contributed by atoms with Gasteiger partial charge in [-0.1, -0.05) is 18.2 Å². The van der Waals surface area contributed by atoms with Gasteiger partial charge >= 0.3 is 5.97 Å². The summed E-state index contributed by atoms with van der Waals surface area (Å²) in [5.74, 6) is -0.105. The maximum atomic E-state index is 12.1. The van der Waals surface area contributed by atoms with Gasteiger partial charge in [-0.3, -0.25) is 9.59 Å². The van der Waals surface area contributed by atoms with Crippen molar-refractivity contribution in [3.05, 3.63) is 54.1 Å². The molecule has 0 aliphatic rings. The van der Waals surface area contributed by atoms with E-state index in [4.69, 9.17) is 9.47 Å². The number of thioether (sulfide) groups is 1. The smallest absolute Gasteiger partial charge is 0.344 e. The summed E-state index contributed by atoms with van der Waals surface area (Å²) in [5, 5.41) is 5.54.